The number of pyridine rings is 1. The Morgan fingerprint density at radius 1 is 0.967 bits per heavy atom. The van der Waals surface area contributed by atoms with Crippen LogP contribution in [0.5, 0.6) is 0 Å². The van der Waals surface area contributed by atoms with Gasteiger partial charge in [-0.1, -0.05) is 36.4 Å². The van der Waals surface area contributed by atoms with Gasteiger partial charge in [0.15, 0.2) is 0 Å². The molecule has 0 atom stereocenters. The number of hydrogen-bond donors (Lipinski definition) is 2. The Balaban J connectivity index is 1.39. The van der Waals surface area contributed by atoms with Gasteiger partial charge in [-0.3, -0.25) is 9.59 Å². The van der Waals surface area contributed by atoms with Crippen molar-refractivity contribution in [1.82, 2.24) is 14.8 Å². The zero-order chi connectivity index (χ0) is 21.1. The first-order valence-electron chi connectivity index (χ1n) is 10.0. The quantitative estimate of drug-likeness (QED) is 0.704. The molecule has 3 amide bonds. The van der Waals surface area contributed by atoms with Crippen LogP contribution >= 0.6 is 0 Å². The number of nitrogens with zero attached hydrogens (tertiary/aromatic N) is 2. The topological polar surface area (TPSA) is 83.4 Å². The molecule has 1 saturated heterocycles. The highest BCUT2D eigenvalue weighted by atomic mass is 16.2. The predicted octanol–water partition coefficient (Wildman–Crippen LogP) is 2.96. The second-order valence-electron chi connectivity index (χ2n) is 7.50. The summed E-state index contributed by atoms with van der Waals surface area (Å²) in [4.78, 5) is 39.3. The number of nitrogens with one attached hydrogen (secondary N) is 2. The second-order valence-corrected chi connectivity index (χ2v) is 7.50. The number of rotatable bonds is 3. The van der Waals surface area contributed by atoms with Crippen molar-refractivity contribution in [3.63, 3.8) is 0 Å². The molecule has 2 aromatic carbocycles. The number of carbonyl (C=O) groups excluding carboxylic acids is 2. The molecule has 7 heteroatoms. The molecule has 0 saturated carbocycles. The number of anilines is 1. The minimum absolute atomic E-state index is 0.0407. The Bertz CT molecular complexity index is 1130. The van der Waals surface area contributed by atoms with E-state index in [9.17, 15) is 14.4 Å². The lowest BCUT2D eigenvalue weighted by atomic mass is 10.0. The van der Waals surface area contributed by atoms with Gasteiger partial charge in [0.25, 0.3) is 11.5 Å². The molecule has 1 aliphatic rings. The summed E-state index contributed by atoms with van der Waals surface area (Å²) in [5.74, 6) is -0.254. The highest BCUT2D eigenvalue weighted by molar-refractivity contribution is 6.06. The van der Waals surface area contributed by atoms with Crippen LogP contribution < -0.4 is 16.2 Å². The molecule has 154 valence electrons. The Kier molecular flexibility index (Phi) is 5.52. The third-order valence-electron chi connectivity index (χ3n) is 5.54. The Morgan fingerprint density at radius 3 is 2.37 bits per heavy atom. The normalized spacial score (nSPS) is 14.5. The lowest BCUT2D eigenvalue weighted by Crippen LogP contribution is -2.47. The van der Waals surface area contributed by atoms with Gasteiger partial charge in [-0.2, -0.15) is 0 Å². The summed E-state index contributed by atoms with van der Waals surface area (Å²) >= 11 is 0. The van der Waals surface area contributed by atoms with Crippen molar-refractivity contribution in [2.45, 2.75) is 18.9 Å². The first-order valence-corrected chi connectivity index (χ1v) is 10.0. The molecular formula is C23H24N4O3. The molecule has 7 nitrogen and oxygen atoms in total. The fraction of sp³-hybridized carbons (Fsp3) is 0.261. The zero-order valence-electron chi connectivity index (χ0n) is 16.8. The number of amides is 3. The number of aryl methyl sites for hydroxylation is 1. The van der Waals surface area contributed by atoms with Gasteiger partial charge >= 0.3 is 6.03 Å². The summed E-state index contributed by atoms with van der Waals surface area (Å²) in [5.41, 5.74) is 1.65. The molecule has 2 heterocycles. The number of hydrogen-bond acceptors (Lipinski definition) is 3. The standard InChI is InChI=1S/C23H24N4O3/c1-26-20-10-6-5-9-18(20)19(15-21(26)28)22(29)24-17-11-13-27(14-12-17)23(30)25-16-7-3-2-4-8-16/h2-10,15,17H,11-14H2,1H3,(H,24,29)(H,25,30). The van der Waals surface area contributed by atoms with Crippen LogP contribution in [0.1, 0.15) is 23.2 Å². The maximum absolute atomic E-state index is 12.9. The predicted molar refractivity (Wildman–Crippen MR) is 117 cm³/mol. The van der Waals surface area contributed by atoms with Crippen LogP contribution in [0.4, 0.5) is 10.5 Å². The van der Waals surface area contributed by atoms with E-state index in [0.29, 0.717) is 31.5 Å². The van der Waals surface area contributed by atoms with Crippen LogP contribution in [0.15, 0.2) is 65.5 Å². The lowest BCUT2D eigenvalue weighted by molar-refractivity contribution is 0.0920. The lowest BCUT2D eigenvalue weighted by Gasteiger charge is -2.32. The van der Waals surface area contributed by atoms with Crippen molar-refractivity contribution in [3.8, 4) is 0 Å². The summed E-state index contributed by atoms with van der Waals surface area (Å²) in [7, 11) is 1.70. The average molecular weight is 404 g/mol. The minimum atomic E-state index is -0.254. The Labute approximate surface area is 174 Å². The number of fused-ring (bicyclic) bond motifs is 1. The third kappa shape index (κ3) is 4.05. The van der Waals surface area contributed by atoms with Gasteiger partial charge in [0, 0.05) is 43.3 Å². The van der Waals surface area contributed by atoms with Gasteiger partial charge in [0.2, 0.25) is 0 Å². The van der Waals surface area contributed by atoms with Crippen molar-refractivity contribution in [2.75, 3.05) is 18.4 Å². The summed E-state index contributed by atoms with van der Waals surface area (Å²) in [6, 6.07) is 17.9. The van der Waals surface area contributed by atoms with Crippen molar-refractivity contribution >= 4 is 28.5 Å². The number of para-hydroxylation sites is 2. The second kappa shape index (κ2) is 8.41. The molecule has 1 aliphatic heterocycles. The SMILES string of the molecule is Cn1c(=O)cc(C(=O)NC2CCN(C(=O)Nc3ccccc3)CC2)c2ccccc21. The van der Waals surface area contributed by atoms with Crippen LogP contribution in [0, 0.1) is 0 Å². The van der Waals surface area contributed by atoms with E-state index in [1.165, 1.54) is 10.6 Å². The number of likely N-dealkylation sites (tertiary alicyclic amines) is 1. The number of benzene rings is 2. The molecular weight excluding hydrogens is 380 g/mol. The summed E-state index contributed by atoms with van der Waals surface area (Å²) in [5, 5.41) is 6.67. The fourth-order valence-corrected chi connectivity index (χ4v) is 3.81. The van der Waals surface area contributed by atoms with Crippen molar-refractivity contribution < 1.29 is 9.59 Å². The molecule has 30 heavy (non-hydrogen) atoms. The van der Waals surface area contributed by atoms with Crippen LogP contribution in [-0.4, -0.2) is 40.5 Å². The maximum Gasteiger partial charge on any atom is 0.321 e. The first kappa shape index (κ1) is 19.7. The van der Waals surface area contributed by atoms with E-state index in [1.54, 1.807) is 11.9 Å². The highest BCUT2D eigenvalue weighted by Gasteiger charge is 2.25. The minimum Gasteiger partial charge on any atom is -0.349 e. The van der Waals surface area contributed by atoms with Gasteiger partial charge < -0.3 is 20.1 Å². The molecule has 2 N–H and O–H groups in total. The van der Waals surface area contributed by atoms with Crippen LogP contribution in [0.25, 0.3) is 10.9 Å². The molecule has 0 spiro atoms. The van der Waals surface area contributed by atoms with Crippen LogP contribution in [0.2, 0.25) is 0 Å². The zero-order valence-corrected chi connectivity index (χ0v) is 16.8. The molecule has 1 fully saturated rings. The summed E-state index contributed by atoms with van der Waals surface area (Å²) in [6.07, 6.45) is 1.33. The van der Waals surface area contributed by atoms with E-state index in [0.717, 1.165) is 16.6 Å². The maximum atomic E-state index is 12.9. The van der Waals surface area contributed by atoms with E-state index < -0.39 is 0 Å². The van der Waals surface area contributed by atoms with E-state index in [-0.39, 0.29) is 23.5 Å². The van der Waals surface area contributed by atoms with Gasteiger partial charge in [-0.25, -0.2) is 4.79 Å². The van der Waals surface area contributed by atoms with E-state index in [2.05, 4.69) is 10.6 Å². The highest BCUT2D eigenvalue weighted by Crippen LogP contribution is 2.18. The molecule has 0 aliphatic carbocycles. The van der Waals surface area contributed by atoms with Crippen molar-refractivity contribution in [3.05, 3.63) is 76.6 Å². The Hall–Kier alpha value is -3.61. The first-order chi connectivity index (χ1) is 14.5. The average Bonchev–Trinajstić information content (AvgIpc) is 2.77. The number of carbonyl (C=O) groups is 2. The van der Waals surface area contributed by atoms with E-state index in [1.807, 2.05) is 54.6 Å². The smallest absolute Gasteiger partial charge is 0.321 e. The van der Waals surface area contributed by atoms with E-state index in [4.69, 9.17) is 0 Å². The van der Waals surface area contributed by atoms with Gasteiger partial charge in [0.05, 0.1) is 11.1 Å². The molecule has 3 aromatic rings. The monoisotopic (exact) mass is 404 g/mol. The number of aromatic nitrogens is 1. The number of piperidine rings is 1. The molecule has 0 radical (unpaired) electrons. The van der Waals surface area contributed by atoms with Gasteiger partial charge in [-0.15, -0.1) is 0 Å². The van der Waals surface area contributed by atoms with E-state index >= 15 is 0 Å². The largest absolute Gasteiger partial charge is 0.349 e. The third-order valence-corrected chi connectivity index (χ3v) is 5.54. The van der Waals surface area contributed by atoms with Gasteiger partial charge in [-0.05, 0) is 31.0 Å². The fourth-order valence-electron chi connectivity index (χ4n) is 3.81. The summed E-state index contributed by atoms with van der Waals surface area (Å²) in [6.45, 7) is 1.11. The van der Waals surface area contributed by atoms with Crippen molar-refractivity contribution in [1.29, 1.82) is 0 Å². The molecule has 0 bridgehead atoms. The molecule has 0 unspecified atom stereocenters. The van der Waals surface area contributed by atoms with Crippen LogP contribution in [0.3, 0.4) is 0 Å². The van der Waals surface area contributed by atoms with Crippen LogP contribution in [-0.2, 0) is 7.05 Å². The van der Waals surface area contributed by atoms with Crippen molar-refractivity contribution in [2.24, 2.45) is 7.05 Å². The summed E-state index contributed by atoms with van der Waals surface area (Å²) < 4.78 is 1.54. The van der Waals surface area contributed by atoms with Gasteiger partial charge in [0.1, 0.15) is 0 Å². The number of urea groups is 1. The molecule has 1 aromatic heterocycles. The Morgan fingerprint density at radius 2 is 1.63 bits per heavy atom. The molecule has 4 rings (SSSR count).